The highest BCUT2D eigenvalue weighted by Gasteiger charge is 2.39. The number of rotatable bonds is 10. The zero-order valence-electron chi connectivity index (χ0n) is 18.5. The molecule has 0 bridgehead atoms. The van der Waals surface area contributed by atoms with Gasteiger partial charge in [-0.3, -0.25) is 0 Å². The van der Waals surface area contributed by atoms with Crippen LogP contribution in [0.15, 0.2) is 60.2 Å². The molecular formula is C26H34Cl2N2O2. The maximum Gasteiger partial charge on any atom is 0.335 e. The van der Waals surface area contributed by atoms with Gasteiger partial charge in [0.1, 0.15) is 0 Å². The van der Waals surface area contributed by atoms with E-state index in [2.05, 4.69) is 54.0 Å². The summed E-state index contributed by atoms with van der Waals surface area (Å²) in [7, 11) is 0. The summed E-state index contributed by atoms with van der Waals surface area (Å²) in [4.78, 5) is 10.9. The number of halogens is 2. The molecule has 0 unspecified atom stereocenters. The van der Waals surface area contributed by atoms with E-state index in [1.165, 1.54) is 24.8 Å². The molecule has 0 amide bonds. The van der Waals surface area contributed by atoms with E-state index in [9.17, 15) is 4.79 Å². The van der Waals surface area contributed by atoms with E-state index in [1.54, 1.807) is 17.7 Å². The van der Waals surface area contributed by atoms with E-state index in [0.29, 0.717) is 23.6 Å². The van der Waals surface area contributed by atoms with Crippen molar-refractivity contribution in [3.63, 3.8) is 0 Å². The van der Waals surface area contributed by atoms with Crippen molar-refractivity contribution in [2.24, 2.45) is 11.8 Å². The molecule has 2 aliphatic carbocycles. The van der Waals surface area contributed by atoms with E-state index in [0.717, 1.165) is 31.0 Å². The maximum atomic E-state index is 10.9. The van der Waals surface area contributed by atoms with Gasteiger partial charge in [0.2, 0.25) is 0 Å². The van der Waals surface area contributed by atoms with Gasteiger partial charge in [-0.1, -0.05) is 61.0 Å². The lowest BCUT2D eigenvalue weighted by Gasteiger charge is -2.36. The molecule has 2 saturated carbocycles. The van der Waals surface area contributed by atoms with Crippen molar-refractivity contribution in [1.29, 1.82) is 0 Å². The van der Waals surface area contributed by atoms with E-state index in [-0.39, 0.29) is 24.8 Å². The zero-order chi connectivity index (χ0) is 20.9. The summed E-state index contributed by atoms with van der Waals surface area (Å²) < 4.78 is 0. The van der Waals surface area contributed by atoms with Crippen LogP contribution < -0.4 is 10.6 Å². The summed E-state index contributed by atoms with van der Waals surface area (Å²) >= 11 is 0. The van der Waals surface area contributed by atoms with Gasteiger partial charge in [-0.2, -0.15) is 0 Å². The van der Waals surface area contributed by atoms with Crippen molar-refractivity contribution in [3.8, 4) is 0 Å². The van der Waals surface area contributed by atoms with Gasteiger partial charge in [-0.15, -0.1) is 24.8 Å². The molecular weight excluding hydrogens is 443 g/mol. The number of nitrogens with one attached hydrogen (secondary N) is 2. The van der Waals surface area contributed by atoms with E-state index >= 15 is 0 Å². The average Bonchev–Trinajstić information content (AvgIpc) is 3.51. The minimum atomic E-state index is -0.872. The molecule has 174 valence electrons. The van der Waals surface area contributed by atoms with E-state index in [1.807, 2.05) is 12.1 Å². The first kappa shape index (κ1) is 26.4. The molecule has 0 saturated heterocycles. The largest absolute Gasteiger partial charge is 0.478 e. The standard InChI is InChI=1S/C26H32N2O2.2ClH/c1-2-21(12-18-6-4-3-5-7-18)24-15-25(24)28-17-20-13-23(14-20)27-16-19-8-10-22(11-9-19)26(29)30;;/h3-12,20,23-25,27-28H,2,13-17H2,1H3,(H,29,30);2*1H/b21-12+;;/t20-,23-,24-,25+;;/m0../s1. The van der Waals surface area contributed by atoms with Gasteiger partial charge in [-0.05, 0) is 67.3 Å². The molecule has 32 heavy (non-hydrogen) atoms. The Morgan fingerprint density at radius 3 is 2.31 bits per heavy atom. The maximum absolute atomic E-state index is 10.9. The molecule has 4 rings (SSSR count). The van der Waals surface area contributed by atoms with Crippen LogP contribution in [-0.2, 0) is 6.54 Å². The Hall–Kier alpha value is -1.85. The normalized spacial score (nSPS) is 24.0. The number of aromatic carboxylic acids is 1. The Balaban J connectivity index is 0.00000181. The highest BCUT2D eigenvalue weighted by atomic mass is 35.5. The monoisotopic (exact) mass is 476 g/mol. The van der Waals surface area contributed by atoms with E-state index in [4.69, 9.17) is 5.11 Å². The van der Waals surface area contributed by atoms with Crippen LogP contribution in [0.25, 0.3) is 6.08 Å². The van der Waals surface area contributed by atoms with Gasteiger partial charge in [0.15, 0.2) is 0 Å². The summed E-state index contributed by atoms with van der Waals surface area (Å²) in [6.07, 6.45) is 7.21. The minimum absolute atomic E-state index is 0. The summed E-state index contributed by atoms with van der Waals surface area (Å²) in [5.41, 5.74) is 4.36. The molecule has 4 nitrogen and oxygen atoms in total. The molecule has 0 radical (unpaired) electrons. The van der Waals surface area contributed by atoms with Crippen LogP contribution >= 0.6 is 24.8 Å². The Labute approximate surface area is 203 Å². The topological polar surface area (TPSA) is 61.4 Å². The fourth-order valence-electron chi connectivity index (χ4n) is 4.48. The Bertz CT molecular complexity index is 880. The van der Waals surface area contributed by atoms with Crippen molar-refractivity contribution in [2.75, 3.05) is 6.54 Å². The smallest absolute Gasteiger partial charge is 0.335 e. The van der Waals surface area contributed by atoms with Crippen LogP contribution in [0.5, 0.6) is 0 Å². The lowest BCUT2D eigenvalue weighted by molar-refractivity contribution is 0.0697. The minimum Gasteiger partial charge on any atom is -0.478 e. The second-order valence-corrected chi connectivity index (χ2v) is 8.76. The fourth-order valence-corrected chi connectivity index (χ4v) is 4.48. The summed E-state index contributed by atoms with van der Waals surface area (Å²) in [5, 5.41) is 16.4. The number of hydrogen-bond acceptors (Lipinski definition) is 3. The quantitative estimate of drug-likeness (QED) is 0.419. The average molecular weight is 477 g/mol. The molecule has 2 aromatic carbocycles. The van der Waals surface area contributed by atoms with E-state index < -0.39 is 5.97 Å². The highest BCUT2D eigenvalue weighted by Crippen LogP contribution is 2.40. The molecule has 3 N–H and O–H groups in total. The van der Waals surface area contributed by atoms with Crippen molar-refractivity contribution < 1.29 is 9.90 Å². The summed E-state index contributed by atoms with van der Waals surface area (Å²) in [6.45, 7) is 4.19. The lowest BCUT2D eigenvalue weighted by Crippen LogP contribution is -2.44. The molecule has 2 aromatic rings. The molecule has 0 aliphatic heterocycles. The van der Waals surface area contributed by atoms with Gasteiger partial charge in [0.25, 0.3) is 0 Å². The molecule has 6 heteroatoms. The Kier molecular flexibility index (Phi) is 10.2. The van der Waals surface area contributed by atoms with Gasteiger partial charge >= 0.3 is 5.97 Å². The third kappa shape index (κ3) is 7.08. The number of carbonyl (C=O) groups is 1. The lowest BCUT2D eigenvalue weighted by atomic mass is 9.80. The van der Waals surface area contributed by atoms with Crippen molar-refractivity contribution in [3.05, 3.63) is 76.9 Å². The molecule has 0 aromatic heterocycles. The molecule has 2 aliphatic rings. The zero-order valence-corrected chi connectivity index (χ0v) is 20.1. The first-order valence-electron chi connectivity index (χ1n) is 11.2. The van der Waals surface area contributed by atoms with Crippen LogP contribution in [0.2, 0.25) is 0 Å². The van der Waals surface area contributed by atoms with Crippen molar-refractivity contribution in [2.45, 2.75) is 51.2 Å². The van der Waals surface area contributed by atoms with Crippen LogP contribution in [-0.4, -0.2) is 29.7 Å². The van der Waals surface area contributed by atoms with Gasteiger partial charge in [0.05, 0.1) is 5.56 Å². The Morgan fingerprint density at radius 2 is 1.69 bits per heavy atom. The Morgan fingerprint density at radius 1 is 1.00 bits per heavy atom. The number of carboxylic acids is 1. The molecule has 2 atom stereocenters. The first-order chi connectivity index (χ1) is 14.6. The van der Waals surface area contributed by atoms with Gasteiger partial charge < -0.3 is 15.7 Å². The van der Waals surface area contributed by atoms with Crippen molar-refractivity contribution >= 4 is 36.9 Å². The van der Waals surface area contributed by atoms with Crippen molar-refractivity contribution in [1.82, 2.24) is 10.6 Å². The highest BCUT2D eigenvalue weighted by molar-refractivity contribution is 5.87. The predicted octanol–water partition coefficient (Wildman–Crippen LogP) is 5.57. The summed E-state index contributed by atoms with van der Waals surface area (Å²) in [5.74, 6) is 0.600. The third-order valence-corrected chi connectivity index (χ3v) is 6.53. The molecule has 0 heterocycles. The molecule has 0 spiro atoms. The fraction of sp³-hybridized carbons (Fsp3) is 0.423. The first-order valence-corrected chi connectivity index (χ1v) is 11.2. The second kappa shape index (κ2) is 12.4. The van der Waals surface area contributed by atoms with Crippen LogP contribution in [0, 0.1) is 11.8 Å². The molecule has 2 fully saturated rings. The predicted molar refractivity (Wildman–Crippen MR) is 136 cm³/mol. The van der Waals surface area contributed by atoms with Gasteiger partial charge in [0, 0.05) is 18.6 Å². The number of carboxylic acid groups (broad SMARTS) is 1. The second-order valence-electron chi connectivity index (χ2n) is 8.76. The third-order valence-electron chi connectivity index (χ3n) is 6.53. The number of hydrogen-bond donors (Lipinski definition) is 3. The number of benzene rings is 2. The van der Waals surface area contributed by atoms with Crippen LogP contribution in [0.4, 0.5) is 0 Å². The van der Waals surface area contributed by atoms with Crippen LogP contribution in [0.1, 0.15) is 54.1 Å². The SMILES string of the molecule is CC/C(=C\c1ccccc1)[C@@H]1C[C@H]1NC[C@H]1C[C@H](NCc2ccc(C(=O)O)cc2)C1.Cl.Cl. The summed E-state index contributed by atoms with van der Waals surface area (Å²) in [6, 6.07) is 19.0. The van der Waals surface area contributed by atoms with Crippen LogP contribution in [0.3, 0.4) is 0 Å². The van der Waals surface area contributed by atoms with Gasteiger partial charge in [-0.25, -0.2) is 4.79 Å².